The van der Waals surface area contributed by atoms with Crippen LogP contribution in [0.15, 0.2) is 36.4 Å². The Bertz CT molecular complexity index is 916. The summed E-state index contributed by atoms with van der Waals surface area (Å²) in [6.45, 7) is 8.11. The lowest BCUT2D eigenvalue weighted by Gasteiger charge is -2.23. The van der Waals surface area contributed by atoms with Crippen molar-refractivity contribution in [3.05, 3.63) is 58.7 Å². The third-order valence-corrected chi connectivity index (χ3v) is 5.88. The second kappa shape index (κ2) is 8.57. The first-order valence-corrected chi connectivity index (χ1v) is 10.9. The van der Waals surface area contributed by atoms with Crippen LogP contribution in [0, 0.1) is 27.7 Å². The SMILES string of the molecule is Cc1ccc(N(CCCC(=O)Nc2c(C)cccc2C)S(C)(=O)=O)cc1C. The van der Waals surface area contributed by atoms with Crippen molar-refractivity contribution in [2.45, 2.75) is 40.5 Å². The van der Waals surface area contributed by atoms with Gasteiger partial charge in [-0.25, -0.2) is 8.42 Å². The molecule has 0 aliphatic carbocycles. The number of rotatable bonds is 7. The van der Waals surface area contributed by atoms with Gasteiger partial charge in [0.1, 0.15) is 0 Å². The summed E-state index contributed by atoms with van der Waals surface area (Å²) >= 11 is 0. The number of benzene rings is 2. The van der Waals surface area contributed by atoms with Gasteiger partial charge in [-0.1, -0.05) is 24.3 Å². The second-order valence-electron chi connectivity index (χ2n) is 7.02. The van der Waals surface area contributed by atoms with Crippen LogP contribution in [-0.4, -0.2) is 27.1 Å². The number of hydrogen-bond donors (Lipinski definition) is 1. The van der Waals surface area contributed by atoms with Crippen molar-refractivity contribution in [1.29, 1.82) is 0 Å². The maximum absolute atomic E-state index is 12.3. The molecule has 0 unspecified atom stereocenters. The predicted octanol–water partition coefficient (Wildman–Crippen LogP) is 4.11. The average molecular weight is 389 g/mol. The monoisotopic (exact) mass is 388 g/mol. The molecule has 0 spiro atoms. The van der Waals surface area contributed by atoms with E-state index in [1.807, 2.05) is 58.0 Å². The van der Waals surface area contributed by atoms with E-state index in [0.29, 0.717) is 12.1 Å². The van der Waals surface area contributed by atoms with Crippen LogP contribution in [0.3, 0.4) is 0 Å². The van der Waals surface area contributed by atoms with E-state index < -0.39 is 10.0 Å². The van der Waals surface area contributed by atoms with Crippen molar-refractivity contribution in [2.75, 3.05) is 22.4 Å². The number of para-hydroxylation sites is 1. The number of carbonyl (C=O) groups is 1. The number of hydrogen-bond acceptors (Lipinski definition) is 3. The molecule has 0 aliphatic heterocycles. The fourth-order valence-electron chi connectivity index (χ4n) is 2.96. The summed E-state index contributed by atoms with van der Waals surface area (Å²) in [5.41, 5.74) is 5.63. The average Bonchev–Trinajstić information content (AvgIpc) is 2.57. The highest BCUT2D eigenvalue weighted by Crippen LogP contribution is 2.22. The van der Waals surface area contributed by atoms with Crippen molar-refractivity contribution in [3.8, 4) is 0 Å². The van der Waals surface area contributed by atoms with Gasteiger partial charge in [-0.05, 0) is 68.5 Å². The van der Waals surface area contributed by atoms with Crippen LogP contribution in [0.4, 0.5) is 11.4 Å². The molecule has 2 rings (SSSR count). The van der Waals surface area contributed by atoms with Gasteiger partial charge in [0.2, 0.25) is 15.9 Å². The van der Waals surface area contributed by atoms with E-state index in [1.165, 1.54) is 10.6 Å². The number of carbonyl (C=O) groups excluding carboxylic acids is 1. The predicted molar refractivity (Wildman–Crippen MR) is 112 cm³/mol. The summed E-state index contributed by atoms with van der Waals surface area (Å²) in [5.74, 6) is -0.110. The van der Waals surface area contributed by atoms with Gasteiger partial charge in [0, 0.05) is 18.7 Å². The zero-order valence-electron chi connectivity index (χ0n) is 16.7. The van der Waals surface area contributed by atoms with E-state index in [0.717, 1.165) is 27.9 Å². The standard InChI is InChI=1S/C21H28N2O3S/c1-15-11-12-19(14-18(15)4)23(27(5,25)26)13-7-10-20(24)22-21-16(2)8-6-9-17(21)3/h6,8-9,11-12,14H,7,10,13H2,1-5H3,(H,22,24). The van der Waals surface area contributed by atoms with Gasteiger partial charge >= 0.3 is 0 Å². The molecule has 1 N–H and O–H groups in total. The van der Waals surface area contributed by atoms with E-state index in [9.17, 15) is 13.2 Å². The highest BCUT2D eigenvalue weighted by atomic mass is 32.2. The molecule has 0 aromatic heterocycles. The highest BCUT2D eigenvalue weighted by molar-refractivity contribution is 7.92. The third-order valence-electron chi connectivity index (χ3n) is 4.69. The van der Waals surface area contributed by atoms with E-state index in [4.69, 9.17) is 0 Å². The zero-order valence-corrected chi connectivity index (χ0v) is 17.5. The summed E-state index contributed by atoms with van der Waals surface area (Å²) in [7, 11) is -3.42. The lowest BCUT2D eigenvalue weighted by atomic mass is 10.1. The molecule has 2 aromatic rings. The molecule has 0 saturated heterocycles. The molecule has 0 heterocycles. The summed E-state index contributed by atoms with van der Waals surface area (Å²) in [6.07, 6.45) is 1.89. The van der Waals surface area contributed by atoms with Crippen LogP contribution in [0.25, 0.3) is 0 Å². The van der Waals surface area contributed by atoms with Gasteiger partial charge in [-0.3, -0.25) is 9.10 Å². The lowest BCUT2D eigenvalue weighted by molar-refractivity contribution is -0.116. The Kier molecular flexibility index (Phi) is 6.65. The number of nitrogens with zero attached hydrogens (tertiary/aromatic N) is 1. The minimum Gasteiger partial charge on any atom is -0.326 e. The summed E-state index contributed by atoms with van der Waals surface area (Å²) in [5, 5.41) is 2.94. The van der Waals surface area contributed by atoms with Crippen LogP contribution in [0.2, 0.25) is 0 Å². The van der Waals surface area contributed by atoms with Crippen LogP contribution in [-0.2, 0) is 14.8 Å². The van der Waals surface area contributed by atoms with Gasteiger partial charge in [-0.15, -0.1) is 0 Å². The normalized spacial score (nSPS) is 11.3. The highest BCUT2D eigenvalue weighted by Gasteiger charge is 2.18. The molecule has 1 amide bonds. The molecule has 146 valence electrons. The smallest absolute Gasteiger partial charge is 0.232 e. The largest absolute Gasteiger partial charge is 0.326 e. The Morgan fingerprint density at radius 2 is 1.59 bits per heavy atom. The number of anilines is 2. The van der Waals surface area contributed by atoms with Crippen LogP contribution in [0.1, 0.15) is 35.1 Å². The molecular weight excluding hydrogens is 360 g/mol. The summed E-state index contributed by atoms with van der Waals surface area (Å²) in [4.78, 5) is 12.3. The number of sulfonamides is 1. The van der Waals surface area contributed by atoms with Crippen molar-refractivity contribution in [2.24, 2.45) is 0 Å². The molecule has 0 radical (unpaired) electrons. The lowest BCUT2D eigenvalue weighted by Crippen LogP contribution is -2.31. The molecule has 0 saturated carbocycles. The Labute approximate surface area is 162 Å². The quantitative estimate of drug-likeness (QED) is 0.776. The van der Waals surface area contributed by atoms with Gasteiger partial charge < -0.3 is 5.32 Å². The Hall–Kier alpha value is -2.34. The van der Waals surface area contributed by atoms with Crippen LogP contribution >= 0.6 is 0 Å². The molecule has 27 heavy (non-hydrogen) atoms. The maximum Gasteiger partial charge on any atom is 0.232 e. The minimum atomic E-state index is -3.42. The van der Waals surface area contributed by atoms with E-state index in [2.05, 4.69) is 5.32 Å². The van der Waals surface area contributed by atoms with Gasteiger partial charge in [0.15, 0.2) is 0 Å². The van der Waals surface area contributed by atoms with E-state index >= 15 is 0 Å². The molecule has 6 heteroatoms. The first-order chi connectivity index (χ1) is 12.6. The first-order valence-electron chi connectivity index (χ1n) is 9.00. The zero-order chi connectivity index (χ0) is 20.2. The Morgan fingerprint density at radius 1 is 0.963 bits per heavy atom. The van der Waals surface area contributed by atoms with Gasteiger partial charge in [0.05, 0.1) is 11.9 Å². The summed E-state index contributed by atoms with van der Waals surface area (Å²) < 4.78 is 25.8. The molecule has 0 aliphatic rings. The van der Waals surface area contributed by atoms with E-state index in [1.54, 1.807) is 6.07 Å². The van der Waals surface area contributed by atoms with Crippen molar-refractivity contribution in [1.82, 2.24) is 0 Å². The fourth-order valence-corrected chi connectivity index (χ4v) is 3.92. The minimum absolute atomic E-state index is 0.110. The molecule has 2 aromatic carbocycles. The number of nitrogens with one attached hydrogen (secondary N) is 1. The van der Waals surface area contributed by atoms with E-state index in [-0.39, 0.29) is 18.9 Å². The van der Waals surface area contributed by atoms with Crippen molar-refractivity contribution >= 4 is 27.3 Å². The van der Waals surface area contributed by atoms with Crippen LogP contribution < -0.4 is 9.62 Å². The topological polar surface area (TPSA) is 66.5 Å². The molecular formula is C21H28N2O3S. The molecule has 5 nitrogen and oxygen atoms in total. The molecule has 0 fully saturated rings. The molecule has 0 bridgehead atoms. The number of amides is 1. The summed E-state index contributed by atoms with van der Waals surface area (Å²) in [6, 6.07) is 11.4. The van der Waals surface area contributed by atoms with Crippen LogP contribution in [0.5, 0.6) is 0 Å². The Balaban J connectivity index is 2.03. The van der Waals surface area contributed by atoms with Crippen molar-refractivity contribution in [3.63, 3.8) is 0 Å². The van der Waals surface area contributed by atoms with Gasteiger partial charge in [-0.2, -0.15) is 0 Å². The van der Waals surface area contributed by atoms with Crippen molar-refractivity contribution < 1.29 is 13.2 Å². The Morgan fingerprint density at radius 3 is 2.15 bits per heavy atom. The first kappa shape index (κ1) is 21.0. The number of aryl methyl sites for hydroxylation is 4. The maximum atomic E-state index is 12.3. The fraction of sp³-hybridized carbons (Fsp3) is 0.381. The second-order valence-corrected chi connectivity index (χ2v) is 8.93. The third kappa shape index (κ3) is 5.57. The van der Waals surface area contributed by atoms with Gasteiger partial charge in [0.25, 0.3) is 0 Å². The molecule has 0 atom stereocenters.